The average molecular weight is 334 g/mol. The van der Waals surface area contributed by atoms with Crippen molar-refractivity contribution in [2.75, 3.05) is 33.0 Å². The maximum Gasteiger partial charge on any atom is 0.167 e. The monoisotopic (exact) mass is 334 g/mol. The molecule has 0 heterocycles. The molecule has 0 amide bonds. The lowest BCUT2D eigenvalue weighted by atomic mass is 10.2. The highest BCUT2D eigenvalue weighted by Gasteiger charge is 2.15. The van der Waals surface area contributed by atoms with Gasteiger partial charge in [-0.2, -0.15) is 0 Å². The van der Waals surface area contributed by atoms with Crippen molar-refractivity contribution in [2.24, 2.45) is 0 Å². The van der Waals surface area contributed by atoms with Gasteiger partial charge >= 0.3 is 0 Å². The van der Waals surface area contributed by atoms with Crippen LogP contribution < -0.4 is 0 Å². The molecule has 0 saturated heterocycles. The third-order valence-corrected chi connectivity index (χ3v) is 4.99. The van der Waals surface area contributed by atoms with Gasteiger partial charge in [-0.15, -0.1) is 0 Å². The zero-order valence-corrected chi connectivity index (χ0v) is 17.2. The molecule has 134 valence electrons. The fraction of sp³-hybridized carbons (Fsp3) is 1.00. The van der Waals surface area contributed by atoms with E-state index in [1.54, 1.807) is 0 Å². The van der Waals surface area contributed by atoms with Crippen LogP contribution in [0.25, 0.3) is 0 Å². The van der Waals surface area contributed by atoms with Gasteiger partial charge in [0.2, 0.25) is 0 Å². The Morgan fingerprint density at radius 2 is 0.909 bits per heavy atom. The third kappa shape index (κ3) is 9.42. The van der Waals surface area contributed by atoms with Gasteiger partial charge in [-0.05, 0) is 55.4 Å². The highest BCUT2D eigenvalue weighted by molar-refractivity contribution is 7.46. The minimum Gasteiger partial charge on any atom is -0.333 e. The molecule has 0 fully saturated rings. The van der Waals surface area contributed by atoms with E-state index < -0.39 is 8.38 Å². The van der Waals surface area contributed by atoms with Crippen molar-refractivity contribution in [1.82, 2.24) is 9.80 Å². The lowest BCUT2D eigenvalue weighted by molar-refractivity contribution is 0.124. The molecule has 0 unspecified atom stereocenters. The maximum absolute atomic E-state index is 5.86. The van der Waals surface area contributed by atoms with E-state index in [0.29, 0.717) is 24.2 Å². The first-order valence-electron chi connectivity index (χ1n) is 8.67. The van der Waals surface area contributed by atoms with Crippen molar-refractivity contribution in [3.63, 3.8) is 0 Å². The van der Waals surface area contributed by atoms with Gasteiger partial charge in [0.05, 0.1) is 13.2 Å². The minimum absolute atomic E-state index is 0.554. The fourth-order valence-electron chi connectivity index (χ4n) is 2.81. The number of nitrogens with zero attached hydrogens (tertiary/aromatic N) is 2. The first kappa shape index (κ1) is 22.3. The van der Waals surface area contributed by atoms with Crippen molar-refractivity contribution in [3.05, 3.63) is 0 Å². The van der Waals surface area contributed by atoms with E-state index in [4.69, 9.17) is 9.05 Å². The lowest BCUT2D eigenvalue weighted by Gasteiger charge is -2.31. The molecular weight excluding hydrogens is 295 g/mol. The summed E-state index contributed by atoms with van der Waals surface area (Å²) in [5.74, 6) is 0. The molecule has 0 spiro atoms. The van der Waals surface area contributed by atoms with Crippen LogP contribution in [0.4, 0.5) is 0 Å². The standard InChI is InChI=1S/C17H39N2O2P/c1-14(2)18(15(3)4)10-12-20-22(9)21-13-11-19(16(5)6)17(7)8/h14-17H,10-13H2,1-9H3. The second-order valence-corrected chi connectivity index (χ2v) is 8.35. The molecule has 0 radical (unpaired) electrons. The molecule has 0 rings (SSSR count). The SMILES string of the molecule is CC(C)N(CCOP(C)OCCN(C(C)C)C(C)C)C(C)C. The van der Waals surface area contributed by atoms with Gasteiger partial charge in [0.1, 0.15) is 0 Å². The van der Waals surface area contributed by atoms with Crippen LogP contribution in [0.5, 0.6) is 0 Å². The summed E-state index contributed by atoms with van der Waals surface area (Å²) >= 11 is 0. The highest BCUT2D eigenvalue weighted by atomic mass is 31.2. The summed E-state index contributed by atoms with van der Waals surface area (Å²) in [6, 6.07) is 2.22. The van der Waals surface area contributed by atoms with Crippen molar-refractivity contribution in [2.45, 2.75) is 79.6 Å². The summed E-state index contributed by atoms with van der Waals surface area (Å²) in [6.45, 7) is 23.4. The summed E-state index contributed by atoms with van der Waals surface area (Å²) in [5, 5.41) is 0. The molecule has 0 aliphatic rings. The summed E-state index contributed by atoms with van der Waals surface area (Å²) in [5.41, 5.74) is 0. The van der Waals surface area contributed by atoms with Gasteiger partial charge in [-0.25, -0.2) is 0 Å². The van der Waals surface area contributed by atoms with Crippen LogP contribution in [0.2, 0.25) is 0 Å². The zero-order chi connectivity index (χ0) is 17.3. The van der Waals surface area contributed by atoms with Crippen molar-refractivity contribution in [3.8, 4) is 0 Å². The Balaban J connectivity index is 3.93. The van der Waals surface area contributed by atoms with Crippen LogP contribution in [0, 0.1) is 0 Å². The Labute approximate surface area is 140 Å². The highest BCUT2D eigenvalue weighted by Crippen LogP contribution is 2.33. The van der Waals surface area contributed by atoms with Crippen molar-refractivity contribution < 1.29 is 9.05 Å². The Morgan fingerprint density at radius 1 is 0.636 bits per heavy atom. The zero-order valence-electron chi connectivity index (χ0n) is 16.3. The normalized spacial score (nSPS) is 13.1. The second-order valence-electron chi connectivity index (χ2n) is 6.96. The average Bonchev–Trinajstić information content (AvgIpc) is 2.37. The predicted octanol–water partition coefficient (Wildman–Crippen LogP) is 4.20. The number of hydrogen-bond donors (Lipinski definition) is 0. The lowest BCUT2D eigenvalue weighted by Crippen LogP contribution is -2.39. The molecule has 0 aromatic carbocycles. The van der Waals surface area contributed by atoms with Gasteiger partial charge in [-0.1, -0.05) is 0 Å². The Bertz CT molecular complexity index is 231. The van der Waals surface area contributed by atoms with E-state index in [9.17, 15) is 0 Å². The van der Waals surface area contributed by atoms with Crippen molar-refractivity contribution in [1.29, 1.82) is 0 Å². The van der Waals surface area contributed by atoms with Crippen LogP contribution in [-0.2, 0) is 9.05 Å². The molecule has 0 aromatic heterocycles. The van der Waals surface area contributed by atoms with E-state index in [0.717, 1.165) is 26.3 Å². The van der Waals surface area contributed by atoms with Crippen LogP contribution in [-0.4, -0.2) is 66.9 Å². The van der Waals surface area contributed by atoms with Gasteiger partial charge in [0, 0.05) is 43.9 Å². The maximum atomic E-state index is 5.86. The molecule has 22 heavy (non-hydrogen) atoms. The summed E-state index contributed by atoms with van der Waals surface area (Å²) < 4.78 is 11.7. The molecule has 0 saturated carbocycles. The summed E-state index contributed by atoms with van der Waals surface area (Å²) in [7, 11) is -0.772. The van der Waals surface area contributed by atoms with E-state index in [1.165, 1.54) is 0 Å². The van der Waals surface area contributed by atoms with Crippen molar-refractivity contribution >= 4 is 8.38 Å². The molecule has 4 nitrogen and oxygen atoms in total. The first-order chi connectivity index (χ1) is 10.2. The fourth-order valence-corrected chi connectivity index (χ4v) is 3.56. The predicted molar refractivity (Wildman–Crippen MR) is 98.7 cm³/mol. The molecule has 0 aromatic rings. The van der Waals surface area contributed by atoms with E-state index in [2.05, 4.69) is 71.9 Å². The van der Waals surface area contributed by atoms with E-state index >= 15 is 0 Å². The van der Waals surface area contributed by atoms with Gasteiger partial charge < -0.3 is 9.05 Å². The summed E-state index contributed by atoms with van der Waals surface area (Å²) in [6.07, 6.45) is 0. The van der Waals surface area contributed by atoms with Crippen LogP contribution in [0.1, 0.15) is 55.4 Å². The van der Waals surface area contributed by atoms with Crippen LogP contribution in [0.3, 0.4) is 0 Å². The number of rotatable bonds is 12. The molecule has 0 bridgehead atoms. The second kappa shape index (κ2) is 11.8. The van der Waals surface area contributed by atoms with Gasteiger partial charge in [0.15, 0.2) is 8.38 Å². The molecule has 0 aliphatic carbocycles. The molecule has 0 atom stereocenters. The van der Waals surface area contributed by atoms with Crippen LogP contribution in [0.15, 0.2) is 0 Å². The Morgan fingerprint density at radius 3 is 1.14 bits per heavy atom. The minimum atomic E-state index is -0.772. The smallest absolute Gasteiger partial charge is 0.167 e. The number of hydrogen-bond acceptors (Lipinski definition) is 4. The largest absolute Gasteiger partial charge is 0.333 e. The topological polar surface area (TPSA) is 24.9 Å². The summed E-state index contributed by atoms with van der Waals surface area (Å²) in [4.78, 5) is 4.89. The van der Waals surface area contributed by atoms with Gasteiger partial charge in [-0.3, -0.25) is 9.80 Å². The third-order valence-electron chi connectivity index (χ3n) is 3.90. The Kier molecular flexibility index (Phi) is 11.9. The first-order valence-corrected chi connectivity index (χ1v) is 10.3. The molecular formula is C17H39N2O2P. The molecule has 5 heteroatoms. The molecule has 0 aliphatic heterocycles. The quantitative estimate of drug-likeness (QED) is 0.499. The molecule has 0 N–H and O–H groups in total. The van der Waals surface area contributed by atoms with Crippen LogP contribution >= 0.6 is 8.38 Å². The van der Waals surface area contributed by atoms with E-state index in [1.807, 2.05) is 0 Å². The Hall–Kier alpha value is 0.270. The van der Waals surface area contributed by atoms with E-state index in [-0.39, 0.29) is 0 Å². The van der Waals surface area contributed by atoms with Gasteiger partial charge in [0.25, 0.3) is 0 Å².